The highest BCUT2D eigenvalue weighted by atomic mass is 35.5. The lowest BCUT2D eigenvalue weighted by Gasteiger charge is -2.06. The van der Waals surface area contributed by atoms with E-state index in [1.165, 1.54) is 6.07 Å². The highest BCUT2D eigenvalue weighted by molar-refractivity contribution is 6.19. The first-order valence-electron chi connectivity index (χ1n) is 3.94. The summed E-state index contributed by atoms with van der Waals surface area (Å²) in [6, 6.07) is 5.09. The zero-order valence-corrected chi connectivity index (χ0v) is 7.94. The molecule has 0 spiro atoms. The van der Waals surface area contributed by atoms with E-state index in [1.54, 1.807) is 18.2 Å². The normalized spacial score (nSPS) is 12.3. The lowest BCUT2D eigenvalue weighted by molar-refractivity contribution is -0.137. The molecule has 0 fully saturated rings. The van der Waals surface area contributed by atoms with Gasteiger partial charge in [-0.1, -0.05) is 24.3 Å². The van der Waals surface area contributed by atoms with Crippen LogP contribution in [-0.2, 0) is 6.18 Å². The Balaban J connectivity index is 2.96. The lowest BCUT2D eigenvalue weighted by atomic mass is 10.1. The van der Waals surface area contributed by atoms with Gasteiger partial charge in [0, 0.05) is 5.88 Å². The van der Waals surface area contributed by atoms with Crippen LogP contribution in [0.15, 0.2) is 30.3 Å². The van der Waals surface area contributed by atoms with Crippen molar-refractivity contribution < 1.29 is 13.2 Å². The molecule has 0 amide bonds. The second-order valence-corrected chi connectivity index (χ2v) is 2.99. The van der Waals surface area contributed by atoms with Crippen molar-refractivity contribution in [1.29, 1.82) is 0 Å². The minimum absolute atomic E-state index is 0.288. The summed E-state index contributed by atoms with van der Waals surface area (Å²) in [4.78, 5) is 0. The van der Waals surface area contributed by atoms with Gasteiger partial charge in [0.15, 0.2) is 0 Å². The van der Waals surface area contributed by atoms with Crippen molar-refractivity contribution in [1.82, 2.24) is 0 Å². The Morgan fingerprint density at radius 1 is 1.29 bits per heavy atom. The molecule has 0 aliphatic carbocycles. The molecule has 0 aliphatic heterocycles. The van der Waals surface area contributed by atoms with Gasteiger partial charge in [-0.3, -0.25) is 0 Å². The predicted octanol–water partition coefficient (Wildman–Crippen LogP) is 3.96. The molecule has 0 aromatic heterocycles. The summed E-state index contributed by atoms with van der Waals surface area (Å²) in [5.74, 6) is 0.288. The number of hydrogen-bond acceptors (Lipinski definition) is 0. The van der Waals surface area contributed by atoms with Gasteiger partial charge in [0.05, 0.1) is 5.56 Å². The van der Waals surface area contributed by atoms with Gasteiger partial charge in [0.1, 0.15) is 0 Å². The molecule has 1 rings (SSSR count). The predicted molar refractivity (Wildman–Crippen MR) is 51.2 cm³/mol. The molecule has 0 N–H and O–H groups in total. The summed E-state index contributed by atoms with van der Waals surface area (Å²) in [5, 5.41) is 0. The fourth-order valence-electron chi connectivity index (χ4n) is 0.999. The third kappa shape index (κ3) is 3.07. The SMILES string of the molecule is FC(F)(F)c1cccc(/C=C/CCl)c1. The highest BCUT2D eigenvalue weighted by Gasteiger charge is 2.30. The molecule has 1 aromatic rings. The van der Waals surface area contributed by atoms with Crippen LogP contribution in [0.1, 0.15) is 11.1 Å². The molecule has 14 heavy (non-hydrogen) atoms. The van der Waals surface area contributed by atoms with Gasteiger partial charge in [-0.25, -0.2) is 0 Å². The van der Waals surface area contributed by atoms with Crippen molar-refractivity contribution in [3.63, 3.8) is 0 Å². The Kier molecular flexibility index (Phi) is 3.58. The number of hydrogen-bond donors (Lipinski definition) is 0. The highest BCUT2D eigenvalue weighted by Crippen LogP contribution is 2.29. The van der Waals surface area contributed by atoms with Crippen molar-refractivity contribution in [2.75, 3.05) is 5.88 Å². The van der Waals surface area contributed by atoms with Crippen molar-refractivity contribution >= 4 is 17.7 Å². The van der Waals surface area contributed by atoms with Gasteiger partial charge in [-0.15, -0.1) is 11.6 Å². The molecule has 0 saturated heterocycles. The van der Waals surface area contributed by atoms with E-state index in [-0.39, 0.29) is 5.88 Å². The maximum atomic E-state index is 12.2. The van der Waals surface area contributed by atoms with Gasteiger partial charge in [0.2, 0.25) is 0 Å². The van der Waals surface area contributed by atoms with E-state index in [0.29, 0.717) is 5.56 Å². The largest absolute Gasteiger partial charge is 0.416 e. The molecular weight excluding hydrogens is 213 g/mol. The van der Waals surface area contributed by atoms with Gasteiger partial charge in [-0.2, -0.15) is 13.2 Å². The summed E-state index contributed by atoms with van der Waals surface area (Å²) in [7, 11) is 0. The molecule has 76 valence electrons. The fraction of sp³-hybridized carbons (Fsp3) is 0.200. The maximum Gasteiger partial charge on any atom is 0.416 e. The summed E-state index contributed by atoms with van der Waals surface area (Å²) < 4.78 is 36.7. The van der Waals surface area contributed by atoms with E-state index in [1.807, 2.05) is 0 Å². The van der Waals surface area contributed by atoms with Crippen molar-refractivity contribution in [2.45, 2.75) is 6.18 Å². The Labute approximate surface area is 85.0 Å². The molecule has 0 heterocycles. The number of benzene rings is 1. The van der Waals surface area contributed by atoms with Crippen LogP contribution >= 0.6 is 11.6 Å². The van der Waals surface area contributed by atoms with Crippen molar-refractivity contribution in [2.24, 2.45) is 0 Å². The lowest BCUT2D eigenvalue weighted by Crippen LogP contribution is -2.04. The van der Waals surface area contributed by atoms with Crippen molar-refractivity contribution in [3.8, 4) is 0 Å². The summed E-state index contributed by atoms with van der Waals surface area (Å²) in [5.41, 5.74) is -0.144. The first-order chi connectivity index (χ1) is 6.54. The Morgan fingerprint density at radius 2 is 2.00 bits per heavy atom. The molecule has 0 saturated carbocycles. The van der Waals surface area contributed by atoms with Gasteiger partial charge in [-0.05, 0) is 17.7 Å². The maximum absolute atomic E-state index is 12.2. The van der Waals surface area contributed by atoms with E-state index in [2.05, 4.69) is 0 Å². The van der Waals surface area contributed by atoms with E-state index in [0.717, 1.165) is 12.1 Å². The third-order valence-corrected chi connectivity index (χ3v) is 1.79. The van der Waals surface area contributed by atoms with Crippen LogP contribution in [0.4, 0.5) is 13.2 Å². The van der Waals surface area contributed by atoms with Crippen LogP contribution in [-0.4, -0.2) is 5.88 Å². The van der Waals surface area contributed by atoms with Crippen LogP contribution < -0.4 is 0 Å². The van der Waals surface area contributed by atoms with Crippen LogP contribution in [0.5, 0.6) is 0 Å². The van der Waals surface area contributed by atoms with Crippen molar-refractivity contribution in [3.05, 3.63) is 41.5 Å². The second-order valence-electron chi connectivity index (χ2n) is 2.68. The molecule has 1 aromatic carbocycles. The monoisotopic (exact) mass is 220 g/mol. The van der Waals surface area contributed by atoms with Crippen LogP contribution in [0.3, 0.4) is 0 Å². The second kappa shape index (κ2) is 4.51. The minimum Gasteiger partial charge on any atom is -0.166 e. The average Bonchev–Trinajstić information content (AvgIpc) is 2.14. The fourth-order valence-corrected chi connectivity index (χ4v) is 1.09. The topological polar surface area (TPSA) is 0 Å². The first-order valence-corrected chi connectivity index (χ1v) is 4.47. The smallest absolute Gasteiger partial charge is 0.166 e. The first kappa shape index (κ1) is 11.1. The van der Waals surface area contributed by atoms with E-state index >= 15 is 0 Å². The van der Waals surface area contributed by atoms with E-state index in [4.69, 9.17) is 11.6 Å². The summed E-state index contributed by atoms with van der Waals surface area (Å²) in [6.07, 6.45) is -1.13. The number of rotatable bonds is 2. The minimum atomic E-state index is -4.29. The molecule has 0 radical (unpaired) electrons. The Morgan fingerprint density at radius 3 is 2.57 bits per heavy atom. The summed E-state index contributed by atoms with van der Waals surface area (Å²) >= 11 is 5.37. The van der Waals surface area contributed by atoms with Gasteiger partial charge < -0.3 is 0 Å². The molecule has 0 unspecified atom stereocenters. The van der Waals surface area contributed by atoms with Crippen LogP contribution in [0.2, 0.25) is 0 Å². The molecule has 4 heteroatoms. The quantitative estimate of drug-likeness (QED) is 0.662. The van der Waals surface area contributed by atoms with E-state index < -0.39 is 11.7 Å². The van der Waals surface area contributed by atoms with E-state index in [9.17, 15) is 13.2 Å². The standard InChI is InChI=1S/C10H8ClF3/c11-6-2-4-8-3-1-5-9(7-8)10(12,13)14/h1-5,7H,6H2/b4-2+. The molecule has 0 aliphatic rings. The molecule has 0 atom stereocenters. The molecule has 0 nitrogen and oxygen atoms in total. The Bertz CT molecular complexity index is 328. The zero-order valence-electron chi connectivity index (χ0n) is 7.18. The number of alkyl halides is 4. The summed E-state index contributed by atoms with van der Waals surface area (Å²) in [6.45, 7) is 0. The molecular formula is C10H8ClF3. The third-order valence-electron chi connectivity index (χ3n) is 1.61. The number of halogens is 4. The van der Waals surface area contributed by atoms with Crippen LogP contribution in [0, 0.1) is 0 Å². The van der Waals surface area contributed by atoms with Gasteiger partial charge >= 0.3 is 6.18 Å². The van der Waals surface area contributed by atoms with Crippen LogP contribution in [0.25, 0.3) is 6.08 Å². The Hall–Kier alpha value is -0.960. The average molecular weight is 221 g/mol. The molecule has 0 bridgehead atoms. The number of allylic oxidation sites excluding steroid dienone is 1. The zero-order chi connectivity index (χ0) is 10.6. The van der Waals surface area contributed by atoms with Gasteiger partial charge in [0.25, 0.3) is 0 Å².